The maximum atomic E-state index is 5.93. The van der Waals surface area contributed by atoms with Crippen molar-refractivity contribution < 1.29 is 9.47 Å². The summed E-state index contributed by atoms with van der Waals surface area (Å²) >= 11 is 0. The van der Waals surface area contributed by atoms with Crippen LogP contribution in [-0.4, -0.2) is 26.4 Å². The van der Waals surface area contributed by atoms with Gasteiger partial charge in [0, 0.05) is 14.2 Å². The summed E-state index contributed by atoms with van der Waals surface area (Å²) in [5.41, 5.74) is 0. The highest BCUT2D eigenvalue weighted by Crippen LogP contribution is 2.46. The first kappa shape index (κ1) is 16.3. The first-order valence-electron chi connectivity index (χ1n) is 8.53. The van der Waals surface area contributed by atoms with Crippen LogP contribution in [0.4, 0.5) is 0 Å². The minimum absolute atomic E-state index is 0.423. The van der Waals surface area contributed by atoms with Crippen LogP contribution in [0.3, 0.4) is 0 Å². The lowest BCUT2D eigenvalue weighted by Gasteiger charge is -2.48. The Labute approximate surface area is 125 Å². The van der Waals surface area contributed by atoms with E-state index >= 15 is 0 Å². The second kappa shape index (κ2) is 6.79. The lowest BCUT2D eigenvalue weighted by Crippen LogP contribution is -2.48. The van der Waals surface area contributed by atoms with Crippen LogP contribution >= 0.6 is 0 Å². The van der Waals surface area contributed by atoms with E-state index in [0.717, 1.165) is 11.8 Å². The summed E-state index contributed by atoms with van der Waals surface area (Å²) in [4.78, 5) is 0. The smallest absolute Gasteiger partial charge is 0.0628 e. The molecule has 0 aromatic heterocycles. The minimum Gasteiger partial charge on any atom is -0.381 e. The Bertz CT molecular complexity index is 274. The first-order chi connectivity index (χ1) is 9.47. The number of ether oxygens (including phenoxy) is 2. The van der Waals surface area contributed by atoms with Gasteiger partial charge in [0.25, 0.3) is 0 Å². The van der Waals surface area contributed by atoms with Gasteiger partial charge in [-0.2, -0.15) is 0 Å². The molecule has 2 saturated carbocycles. The molecule has 0 heterocycles. The third-order valence-electron chi connectivity index (χ3n) is 5.96. The van der Waals surface area contributed by atoms with E-state index < -0.39 is 0 Å². The van der Waals surface area contributed by atoms with Gasteiger partial charge in [-0.1, -0.05) is 27.7 Å². The molecule has 2 fully saturated rings. The number of rotatable bonds is 3. The summed E-state index contributed by atoms with van der Waals surface area (Å²) in [6.07, 6.45) is 6.09. The standard InChI is InChI=1S/C18H34O2/c1-11-7-13(3)17(19-5)15(9-11)16-10-12(2)8-14(4)18(16)20-6/h11-18H,7-10H2,1-6H3. The fraction of sp³-hybridized carbons (Fsp3) is 1.00. The number of methoxy groups -OCH3 is 2. The van der Waals surface area contributed by atoms with E-state index in [0.29, 0.717) is 35.9 Å². The van der Waals surface area contributed by atoms with Crippen LogP contribution in [0.15, 0.2) is 0 Å². The van der Waals surface area contributed by atoms with E-state index in [1.165, 1.54) is 25.7 Å². The molecule has 2 rings (SSSR count). The molecule has 0 N–H and O–H groups in total. The maximum Gasteiger partial charge on any atom is 0.0628 e. The van der Waals surface area contributed by atoms with Crippen molar-refractivity contribution in [2.45, 2.75) is 65.6 Å². The van der Waals surface area contributed by atoms with Crippen molar-refractivity contribution in [1.82, 2.24) is 0 Å². The average molecular weight is 282 g/mol. The van der Waals surface area contributed by atoms with E-state index in [-0.39, 0.29) is 0 Å². The van der Waals surface area contributed by atoms with Crippen LogP contribution in [0.5, 0.6) is 0 Å². The summed E-state index contributed by atoms with van der Waals surface area (Å²) in [5, 5.41) is 0. The van der Waals surface area contributed by atoms with Gasteiger partial charge in [-0.15, -0.1) is 0 Å². The monoisotopic (exact) mass is 282 g/mol. The third-order valence-corrected chi connectivity index (χ3v) is 5.96. The first-order valence-corrected chi connectivity index (χ1v) is 8.53. The van der Waals surface area contributed by atoms with Crippen LogP contribution in [0, 0.1) is 35.5 Å². The van der Waals surface area contributed by atoms with E-state index in [1.54, 1.807) is 0 Å². The second-order valence-corrected chi connectivity index (χ2v) is 7.84. The quantitative estimate of drug-likeness (QED) is 0.764. The fourth-order valence-electron chi connectivity index (χ4n) is 5.42. The van der Waals surface area contributed by atoms with Crippen LogP contribution in [0.2, 0.25) is 0 Å². The summed E-state index contributed by atoms with van der Waals surface area (Å²) in [5.74, 6) is 4.36. The predicted molar refractivity (Wildman–Crippen MR) is 83.7 cm³/mol. The van der Waals surface area contributed by atoms with E-state index in [4.69, 9.17) is 9.47 Å². The molecule has 0 saturated heterocycles. The molecule has 0 aromatic carbocycles. The molecule has 8 unspecified atom stereocenters. The highest BCUT2D eigenvalue weighted by atomic mass is 16.5. The van der Waals surface area contributed by atoms with Crippen molar-refractivity contribution in [3.63, 3.8) is 0 Å². The zero-order valence-electron chi connectivity index (χ0n) is 14.3. The lowest BCUT2D eigenvalue weighted by molar-refractivity contribution is -0.112. The number of hydrogen-bond donors (Lipinski definition) is 0. The molecular formula is C18H34O2. The molecule has 0 radical (unpaired) electrons. The van der Waals surface area contributed by atoms with Crippen molar-refractivity contribution in [2.75, 3.05) is 14.2 Å². The number of hydrogen-bond acceptors (Lipinski definition) is 2. The predicted octanol–water partition coefficient (Wildman–Crippen LogP) is 4.38. The van der Waals surface area contributed by atoms with Crippen molar-refractivity contribution in [3.05, 3.63) is 0 Å². The van der Waals surface area contributed by atoms with Crippen molar-refractivity contribution in [3.8, 4) is 0 Å². The van der Waals surface area contributed by atoms with E-state index in [1.807, 2.05) is 14.2 Å². The fourth-order valence-corrected chi connectivity index (χ4v) is 5.42. The Morgan fingerprint density at radius 1 is 0.600 bits per heavy atom. The topological polar surface area (TPSA) is 18.5 Å². The molecule has 0 aliphatic heterocycles. The normalized spacial score (nSPS) is 50.1. The molecule has 2 aliphatic carbocycles. The molecule has 0 amide bonds. The zero-order chi connectivity index (χ0) is 14.9. The molecule has 0 spiro atoms. The van der Waals surface area contributed by atoms with Gasteiger partial charge in [-0.3, -0.25) is 0 Å². The van der Waals surface area contributed by atoms with Crippen molar-refractivity contribution >= 4 is 0 Å². The van der Waals surface area contributed by atoms with Crippen molar-refractivity contribution in [1.29, 1.82) is 0 Å². The molecule has 118 valence electrons. The molecule has 0 bridgehead atoms. The molecular weight excluding hydrogens is 248 g/mol. The third kappa shape index (κ3) is 3.22. The molecule has 0 aromatic rings. The Kier molecular flexibility index (Phi) is 5.53. The summed E-state index contributed by atoms with van der Waals surface area (Å²) in [6, 6.07) is 0. The van der Waals surface area contributed by atoms with Crippen LogP contribution in [0.1, 0.15) is 53.4 Å². The van der Waals surface area contributed by atoms with Gasteiger partial charge in [-0.25, -0.2) is 0 Å². The van der Waals surface area contributed by atoms with Crippen LogP contribution in [-0.2, 0) is 9.47 Å². The molecule has 8 atom stereocenters. The van der Waals surface area contributed by atoms with Gasteiger partial charge < -0.3 is 9.47 Å². The summed E-state index contributed by atoms with van der Waals surface area (Å²) < 4.78 is 11.9. The Morgan fingerprint density at radius 2 is 0.950 bits per heavy atom. The maximum absolute atomic E-state index is 5.93. The molecule has 20 heavy (non-hydrogen) atoms. The van der Waals surface area contributed by atoms with Gasteiger partial charge in [0.1, 0.15) is 0 Å². The van der Waals surface area contributed by atoms with Gasteiger partial charge >= 0.3 is 0 Å². The van der Waals surface area contributed by atoms with Crippen molar-refractivity contribution in [2.24, 2.45) is 35.5 Å². The lowest BCUT2D eigenvalue weighted by atomic mass is 9.62. The van der Waals surface area contributed by atoms with Gasteiger partial charge in [-0.05, 0) is 61.2 Å². The molecule has 2 heteroatoms. The van der Waals surface area contributed by atoms with E-state index in [2.05, 4.69) is 27.7 Å². The van der Waals surface area contributed by atoms with Gasteiger partial charge in [0.2, 0.25) is 0 Å². The Hall–Kier alpha value is -0.0800. The molecule has 2 nitrogen and oxygen atoms in total. The van der Waals surface area contributed by atoms with Gasteiger partial charge in [0.05, 0.1) is 12.2 Å². The SMILES string of the molecule is COC1C(C)CC(C)CC1C1CC(C)CC(C)C1OC. The van der Waals surface area contributed by atoms with Crippen LogP contribution in [0.25, 0.3) is 0 Å². The second-order valence-electron chi connectivity index (χ2n) is 7.84. The minimum atomic E-state index is 0.423. The Balaban J connectivity index is 2.20. The average Bonchev–Trinajstić information content (AvgIpc) is 2.37. The van der Waals surface area contributed by atoms with E-state index in [9.17, 15) is 0 Å². The van der Waals surface area contributed by atoms with Gasteiger partial charge in [0.15, 0.2) is 0 Å². The highest BCUT2D eigenvalue weighted by Gasteiger charge is 2.45. The summed E-state index contributed by atoms with van der Waals surface area (Å²) in [6.45, 7) is 9.56. The zero-order valence-corrected chi connectivity index (χ0v) is 14.3. The molecule has 2 aliphatic rings. The Morgan fingerprint density at radius 3 is 1.25 bits per heavy atom. The summed E-state index contributed by atoms with van der Waals surface area (Å²) in [7, 11) is 3.81. The largest absolute Gasteiger partial charge is 0.381 e. The van der Waals surface area contributed by atoms with Crippen LogP contribution < -0.4 is 0 Å². The highest BCUT2D eigenvalue weighted by molar-refractivity contribution is 4.94.